The molecular weight excluding hydrogens is 400 g/mol. The maximum atomic E-state index is 10.4. The van der Waals surface area contributed by atoms with Crippen LogP contribution in [0.25, 0.3) is 0 Å². The fraction of sp³-hybridized carbons (Fsp3) is 0.714. The fourth-order valence-corrected chi connectivity index (χ4v) is 6.35. The number of aliphatic hydroxyl groups excluding tert-OH is 3. The van der Waals surface area contributed by atoms with E-state index < -0.39 is 23.9 Å². The third kappa shape index (κ3) is 4.99. The number of hydrogen-bond donors (Lipinski definition) is 4. The third-order valence-electron chi connectivity index (χ3n) is 8.89. The smallest absolute Gasteiger partial charge is 0.105 e. The molecular formula is C28H44O4. The highest BCUT2D eigenvalue weighted by Gasteiger charge is 2.50. The summed E-state index contributed by atoms with van der Waals surface area (Å²) in [6.07, 6.45) is 11.7. The summed E-state index contributed by atoms with van der Waals surface area (Å²) in [5, 5.41) is 40.9. The van der Waals surface area contributed by atoms with Crippen LogP contribution in [0.4, 0.5) is 0 Å². The van der Waals surface area contributed by atoms with E-state index in [0.29, 0.717) is 28.9 Å². The second kappa shape index (κ2) is 9.58. The summed E-state index contributed by atoms with van der Waals surface area (Å²) in [7, 11) is 0. The van der Waals surface area contributed by atoms with Crippen LogP contribution in [0.15, 0.2) is 47.6 Å². The molecule has 0 aromatic rings. The van der Waals surface area contributed by atoms with E-state index in [9.17, 15) is 20.4 Å². The number of allylic oxidation sites excluding steroid dienone is 4. The van der Waals surface area contributed by atoms with E-state index in [1.807, 2.05) is 19.9 Å². The summed E-state index contributed by atoms with van der Waals surface area (Å²) in [6.45, 7) is 14.5. The molecule has 0 aromatic carbocycles. The lowest BCUT2D eigenvalue weighted by Gasteiger charge is -2.44. The highest BCUT2D eigenvalue weighted by Crippen LogP contribution is 2.59. The molecule has 8 atom stereocenters. The Morgan fingerprint density at radius 2 is 1.78 bits per heavy atom. The van der Waals surface area contributed by atoms with Crippen LogP contribution in [-0.4, -0.2) is 44.3 Å². The van der Waals surface area contributed by atoms with E-state index in [1.165, 1.54) is 24.8 Å². The zero-order chi connectivity index (χ0) is 23.8. The standard InChI is InChI=1S/C28H44O4/c1-17(9-10-18(2)27(4,5)32)22-13-14-23-20(8-7-15-28(22,23)6)11-12-21-19(3)24(29)16-25(30)26(21)31/h9-12,17-18,22-26,29-32H,3,7-8,13-16H2,1-2,4-6H3/b10-9?,20-11+,21-12-/t17-,18+,22-,23+,24+,25+,26+,28-/m1/s1. The van der Waals surface area contributed by atoms with Crippen molar-refractivity contribution in [1.82, 2.24) is 0 Å². The van der Waals surface area contributed by atoms with Gasteiger partial charge >= 0.3 is 0 Å². The first-order chi connectivity index (χ1) is 14.9. The van der Waals surface area contributed by atoms with E-state index >= 15 is 0 Å². The molecule has 4 heteroatoms. The van der Waals surface area contributed by atoms with Gasteiger partial charge in [-0.2, -0.15) is 0 Å². The molecule has 0 heterocycles. The number of hydrogen-bond acceptors (Lipinski definition) is 4. The summed E-state index contributed by atoms with van der Waals surface area (Å²) in [6, 6.07) is 0. The van der Waals surface area contributed by atoms with Gasteiger partial charge in [0.05, 0.1) is 17.8 Å². The maximum Gasteiger partial charge on any atom is 0.105 e. The van der Waals surface area contributed by atoms with Gasteiger partial charge in [-0.3, -0.25) is 0 Å². The van der Waals surface area contributed by atoms with Gasteiger partial charge in [-0.1, -0.05) is 57.2 Å². The first kappa shape index (κ1) is 25.4. The Morgan fingerprint density at radius 3 is 2.44 bits per heavy atom. The van der Waals surface area contributed by atoms with Crippen molar-refractivity contribution in [3.8, 4) is 0 Å². The third-order valence-corrected chi connectivity index (χ3v) is 8.89. The zero-order valence-electron chi connectivity index (χ0n) is 20.6. The van der Waals surface area contributed by atoms with Crippen molar-refractivity contribution < 1.29 is 20.4 Å². The zero-order valence-corrected chi connectivity index (χ0v) is 20.6. The van der Waals surface area contributed by atoms with Gasteiger partial charge in [0, 0.05) is 12.3 Å². The molecule has 3 saturated carbocycles. The van der Waals surface area contributed by atoms with E-state index in [2.05, 4.69) is 45.6 Å². The Balaban J connectivity index is 1.79. The molecule has 0 bridgehead atoms. The lowest BCUT2D eigenvalue weighted by atomic mass is 9.61. The molecule has 4 nitrogen and oxygen atoms in total. The van der Waals surface area contributed by atoms with E-state index in [-0.39, 0.29) is 17.8 Å². The predicted molar refractivity (Wildman–Crippen MR) is 130 cm³/mol. The Bertz CT molecular complexity index is 786. The highest BCUT2D eigenvalue weighted by atomic mass is 16.3. The first-order valence-electron chi connectivity index (χ1n) is 12.4. The van der Waals surface area contributed by atoms with Crippen LogP contribution in [0, 0.1) is 29.1 Å². The number of aliphatic hydroxyl groups is 4. The monoisotopic (exact) mass is 444 g/mol. The van der Waals surface area contributed by atoms with E-state index in [4.69, 9.17) is 0 Å². The van der Waals surface area contributed by atoms with Gasteiger partial charge in [0.1, 0.15) is 6.10 Å². The molecule has 0 unspecified atom stereocenters. The number of fused-ring (bicyclic) bond motifs is 1. The summed E-state index contributed by atoms with van der Waals surface area (Å²) in [4.78, 5) is 0. The molecule has 0 amide bonds. The predicted octanol–water partition coefficient (Wildman–Crippen LogP) is 4.70. The second-order valence-electron chi connectivity index (χ2n) is 11.4. The average Bonchev–Trinajstić information content (AvgIpc) is 3.07. The van der Waals surface area contributed by atoms with Crippen molar-refractivity contribution >= 4 is 0 Å². The largest absolute Gasteiger partial charge is 0.390 e. The molecule has 3 aliphatic carbocycles. The molecule has 0 radical (unpaired) electrons. The van der Waals surface area contributed by atoms with Crippen molar-refractivity contribution in [1.29, 1.82) is 0 Å². The molecule has 0 aromatic heterocycles. The molecule has 32 heavy (non-hydrogen) atoms. The van der Waals surface area contributed by atoms with Gasteiger partial charge in [-0.15, -0.1) is 0 Å². The summed E-state index contributed by atoms with van der Waals surface area (Å²) >= 11 is 0. The molecule has 3 fully saturated rings. The van der Waals surface area contributed by atoms with Crippen LogP contribution in [0.3, 0.4) is 0 Å². The van der Waals surface area contributed by atoms with Crippen LogP contribution in [0.1, 0.15) is 73.1 Å². The minimum absolute atomic E-state index is 0.115. The second-order valence-corrected chi connectivity index (χ2v) is 11.4. The van der Waals surface area contributed by atoms with Gasteiger partial charge in [0.2, 0.25) is 0 Å². The minimum atomic E-state index is -0.989. The van der Waals surface area contributed by atoms with Crippen molar-refractivity contribution in [3.63, 3.8) is 0 Å². The van der Waals surface area contributed by atoms with E-state index in [1.54, 1.807) is 0 Å². The molecule has 3 rings (SSSR count). The normalized spacial score (nSPS) is 40.8. The van der Waals surface area contributed by atoms with Gasteiger partial charge in [0.25, 0.3) is 0 Å². The molecule has 0 aliphatic heterocycles. The SMILES string of the molecule is C=C1/C(=C/C=C2\CCC[C@]3(C)[C@@H]([C@H](C)C=C[C@H](C)C(C)(C)O)CC[C@@H]23)[C@H](O)[C@@H](O)C[C@@H]1O. The molecule has 180 valence electrons. The molecule has 3 aliphatic rings. The molecule has 0 saturated heterocycles. The van der Waals surface area contributed by atoms with Crippen LogP contribution in [-0.2, 0) is 0 Å². The Labute approximate surface area is 194 Å². The minimum Gasteiger partial charge on any atom is -0.390 e. The lowest BCUT2D eigenvalue weighted by molar-refractivity contribution is -0.00211. The van der Waals surface area contributed by atoms with Crippen molar-refractivity contribution in [2.24, 2.45) is 29.1 Å². The van der Waals surface area contributed by atoms with Crippen molar-refractivity contribution in [2.75, 3.05) is 0 Å². The fourth-order valence-electron chi connectivity index (χ4n) is 6.35. The van der Waals surface area contributed by atoms with Gasteiger partial charge < -0.3 is 20.4 Å². The quantitative estimate of drug-likeness (QED) is 0.464. The van der Waals surface area contributed by atoms with E-state index in [0.717, 1.165) is 12.8 Å². The Kier molecular flexibility index (Phi) is 7.61. The van der Waals surface area contributed by atoms with Crippen molar-refractivity contribution in [3.05, 3.63) is 47.6 Å². The first-order valence-corrected chi connectivity index (χ1v) is 12.4. The highest BCUT2D eigenvalue weighted by molar-refractivity contribution is 5.41. The summed E-state index contributed by atoms with van der Waals surface area (Å²) in [5.74, 6) is 1.69. The molecule has 4 N–H and O–H groups in total. The lowest BCUT2D eigenvalue weighted by Crippen LogP contribution is -2.39. The summed E-state index contributed by atoms with van der Waals surface area (Å²) in [5.41, 5.74) is 2.03. The van der Waals surface area contributed by atoms with Gasteiger partial charge in [-0.25, -0.2) is 0 Å². The van der Waals surface area contributed by atoms with Crippen LogP contribution >= 0.6 is 0 Å². The van der Waals surface area contributed by atoms with Crippen LogP contribution < -0.4 is 0 Å². The van der Waals surface area contributed by atoms with Gasteiger partial charge in [-0.05, 0) is 80.3 Å². The van der Waals surface area contributed by atoms with Crippen LogP contribution in [0.5, 0.6) is 0 Å². The Morgan fingerprint density at radius 1 is 1.09 bits per heavy atom. The Hall–Kier alpha value is -1.20. The number of rotatable bonds is 5. The molecule has 0 spiro atoms. The van der Waals surface area contributed by atoms with Crippen molar-refractivity contribution in [2.45, 2.75) is 97.1 Å². The van der Waals surface area contributed by atoms with Crippen LogP contribution in [0.2, 0.25) is 0 Å². The van der Waals surface area contributed by atoms with Gasteiger partial charge in [0.15, 0.2) is 0 Å². The average molecular weight is 445 g/mol. The summed E-state index contributed by atoms with van der Waals surface area (Å²) < 4.78 is 0. The maximum absolute atomic E-state index is 10.4. The topological polar surface area (TPSA) is 80.9 Å².